The van der Waals surface area contributed by atoms with Crippen molar-refractivity contribution in [2.75, 3.05) is 13.2 Å². The van der Waals surface area contributed by atoms with Crippen LogP contribution in [0.2, 0.25) is 10.0 Å². The van der Waals surface area contributed by atoms with Crippen LogP contribution in [0.3, 0.4) is 0 Å². The molecule has 5 nitrogen and oxygen atoms in total. The molecule has 1 heterocycles. The predicted octanol–water partition coefficient (Wildman–Crippen LogP) is 5.73. The van der Waals surface area contributed by atoms with Crippen LogP contribution in [0.4, 0.5) is 0 Å². The van der Waals surface area contributed by atoms with E-state index >= 15 is 0 Å². The van der Waals surface area contributed by atoms with Gasteiger partial charge in [0.15, 0.2) is 6.61 Å². The lowest BCUT2D eigenvalue weighted by Crippen LogP contribution is -2.41. The number of benzene rings is 3. The minimum absolute atomic E-state index is 0.0635. The molecule has 3 unspecified atom stereocenters. The van der Waals surface area contributed by atoms with Gasteiger partial charge in [-0.2, -0.15) is 0 Å². The van der Waals surface area contributed by atoms with E-state index in [0.29, 0.717) is 27.9 Å². The largest absolute Gasteiger partial charge is 0.482 e. The molecule has 0 aromatic heterocycles. The first-order valence-corrected chi connectivity index (χ1v) is 12.0. The van der Waals surface area contributed by atoms with Crippen LogP contribution in [-0.2, 0) is 16.0 Å². The fraction of sp³-hybridized carbons (Fsp3) is 0.259. The van der Waals surface area contributed by atoms with E-state index in [2.05, 4.69) is 6.07 Å². The molecule has 1 saturated carbocycles. The molecular formula is C27H23Cl2NO4. The molecule has 3 aromatic carbocycles. The average molecular weight is 496 g/mol. The summed E-state index contributed by atoms with van der Waals surface area (Å²) in [5, 5.41) is 10.3. The van der Waals surface area contributed by atoms with E-state index in [1.54, 1.807) is 18.2 Å². The van der Waals surface area contributed by atoms with Crippen molar-refractivity contribution >= 4 is 35.1 Å². The summed E-state index contributed by atoms with van der Waals surface area (Å²) in [6, 6.07) is 20.4. The second-order valence-electron chi connectivity index (χ2n) is 8.72. The van der Waals surface area contributed by atoms with Gasteiger partial charge in [0.1, 0.15) is 5.75 Å². The van der Waals surface area contributed by atoms with E-state index in [1.807, 2.05) is 47.4 Å². The second kappa shape index (κ2) is 9.32. The predicted molar refractivity (Wildman–Crippen MR) is 131 cm³/mol. The monoisotopic (exact) mass is 495 g/mol. The van der Waals surface area contributed by atoms with Gasteiger partial charge in [-0.25, -0.2) is 4.79 Å². The van der Waals surface area contributed by atoms with Crippen molar-refractivity contribution in [1.29, 1.82) is 0 Å². The molecule has 174 valence electrons. The van der Waals surface area contributed by atoms with Crippen LogP contribution in [0.25, 0.3) is 0 Å². The number of aliphatic carboxylic acids is 1. The molecule has 0 spiro atoms. The maximum absolute atomic E-state index is 13.8. The summed E-state index contributed by atoms with van der Waals surface area (Å²) >= 11 is 12.8. The van der Waals surface area contributed by atoms with Crippen molar-refractivity contribution in [2.45, 2.75) is 24.8 Å². The summed E-state index contributed by atoms with van der Waals surface area (Å²) in [4.78, 5) is 26.9. The van der Waals surface area contributed by atoms with Crippen LogP contribution < -0.4 is 4.74 Å². The Morgan fingerprint density at radius 1 is 0.971 bits per heavy atom. The Morgan fingerprint density at radius 2 is 1.71 bits per heavy atom. The number of hydrogen-bond acceptors (Lipinski definition) is 3. The van der Waals surface area contributed by atoms with E-state index in [0.717, 1.165) is 29.5 Å². The maximum atomic E-state index is 13.8. The van der Waals surface area contributed by atoms with Gasteiger partial charge in [0.2, 0.25) is 5.91 Å². The molecule has 34 heavy (non-hydrogen) atoms. The van der Waals surface area contributed by atoms with Crippen LogP contribution in [0.1, 0.15) is 40.6 Å². The van der Waals surface area contributed by atoms with Gasteiger partial charge in [-0.15, -0.1) is 0 Å². The Morgan fingerprint density at radius 3 is 2.47 bits per heavy atom. The highest BCUT2D eigenvalue weighted by Gasteiger charge is 2.48. The molecule has 1 amide bonds. The van der Waals surface area contributed by atoms with Crippen molar-refractivity contribution in [2.24, 2.45) is 5.92 Å². The lowest BCUT2D eigenvalue weighted by Gasteiger charge is -2.38. The number of nitrogens with zero attached hydrogens (tertiary/aromatic N) is 1. The molecule has 0 bridgehead atoms. The maximum Gasteiger partial charge on any atom is 0.341 e. The Labute approximate surface area is 207 Å². The molecule has 1 fully saturated rings. The lowest BCUT2D eigenvalue weighted by atomic mass is 9.87. The zero-order valence-electron chi connectivity index (χ0n) is 18.3. The van der Waals surface area contributed by atoms with Gasteiger partial charge < -0.3 is 14.7 Å². The number of carboxylic acid groups (broad SMARTS) is 1. The number of carbonyl (C=O) groups excluding carboxylic acids is 1. The molecule has 2 aliphatic rings. The van der Waals surface area contributed by atoms with E-state index in [9.17, 15) is 9.59 Å². The van der Waals surface area contributed by atoms with Gasteiger partial charge in [0.05, 0.1) is 6.04 Å². The summed E-state index contributed by atoms with van der Waals surface area (Å²) in [6.07, 6.45) is 1.50. The van der Waals surface area contributed by atoms with E-state index < -0.39 is 18.6 Å². The van der Waals surface area contributed by atoms with E-state index in [4.69, 9.17) is 33.0 Å². The fourth-order valence-corrected chi connectivity index (χ4v) is 5.40. The first kappa shape index (κ1) is 22.8. The second-order valence-corrected chi connectivity index (χ2v) is 9.56. The minimum Gasteiger partial charge on any atom is -0.482 e. The van der Waals surface area contributed by atoms with Gasteiger partial charge in [-0.3, -0.25) is 4.79 Å². The highest BCUT2D eigenvalue weighted by Crippen LogP contribution is 2.52. The molecule has 7 heteroatoms. The number of fused-ring (bicyclic) bond motifs is 1. The van der Waals surface area contributed by atoms with Crippen molar-refractivity contribution < 1.29 is 19.4 Å². The molecule has 3 atom stereocenters. The Balaban J connectivity index is 1.52. The van der Waals surface area contributed by atoms with Crippen LogP contribution in [0.15, 0.2) is 66.7 Å². The molecule has 1 aliphatic heterocycles. The van der Waals surface area contributed by atoms with Crippen molar-refractivity contribution in [3.05, 3.63) is 99.0 Å². The third kappa shape index (κ3) is 4.38. The smallest absolute Gasteiger partial charge is 0.341 e. The van der Waals surface area contributed by atoms with Crippen LogP contribution in [0, 0.1) is 5.92 Å². The molecular weight excluding hydrogens is 473 g/mol. The SMILES string of the molecule is O=C(O)COc1ccc(Cl)cc1C1c2ccccc2CCN1C(=O)C1CC1c1ccccc1Cl. The number of hydrogen-bond donors (Lipinski definition) is 1. The molecule has 1 N–H and O–H groups in total. The number of amides is 1. The van der Waals surface area contributed by atoms with Crippen LogP contribution in [-0.4, -0.2) is 35.0 Å². The number of halogens is 2. The average Bonchev–Trinajstić information content (AvgIpc) is 3.63. The standard InChI is InChI=1S/C27H23Cl2NO4/c28-17-9-10-24(34-15-25(31)32)22(13-17)26-18-6-2-1-5-16(18)11-12-30(26)27(33)21-14-20(21)19-7-3-4-8-23(19)29/h1-10,13,20-21,26H,11-12,14-15H2,(H,31,32). The number of carbonyl (C=O) groups is 2. The summed E-state index contributed by atoms with van der Waals surface area (Å²) in [5.41, 5.74) is 3.84. The number of ether oxygens (including phenoxy) is 1. The van der Waals surface area contributed by atoms with Gasteiger partial charge in [0.25, 0.3) is 0 Å². The summed E-state index contributed by atoms with van der Waals surface area (Å²) in [6.45, 7) is 0.0747. The molecule has 1 aliphatic carbocycles. The number of carboxylic acids is 1. The first-order valence-electron chi connectivity index (χ1n) is 11.2. The topological polar surface area (TPSA) is 66.8 Å². The number of rotatable bonds is 6. The normalized spacial score (nSPS) is 21.0. The van der Waals surface area contributed by atoms with Crippen LogP contribution in [0.5, 0.6) is 5.75 Å². The fourth-order valence-electron chi connectivity index (χ4n) is 4.94. The van der Waals surface area contributed by atoms with Crippen molar-refractivity contribution in [3.63, 3.8) is 0 Å². The lowest BCUT2D eigenvalue weighted by molar-refractivity contribution is -0.139. The highest BCUT2D eigenvalue weighted by molar-refractivity contribution is 6.31. The molecule has 0 radical (unpaired) electrons. The Kier molecular flexibility index (Phi) is 6.24. The zero-order valence-corrected chi connectivity index (χ0v) is 19.8. The van der Waals surface area contributed by atoms with Crippen molar-refractivity contribution in [3.8, 4) is 5.75 Å². The quantitative estimate of drug-likeness (QED) is 0.473. The van der Waals surface area contributed by atoms with E-state index in [1.165, 1.54) is 0 Å². The third-order valence-corrected chi connectivity index (χ3v) is 7.18. The first-order chi connectivity index (χ1) is 16.4. The van der Waals surface area contributed by atoms with Crippen LogP contribution >= 0.6 is 23.2 Å². The van der Waals surface area contributed by atoms with Gasteiger partial charge in [-0.05, 0) is 59.7 Å². The molecule has 0 saturated heterocycles. The summed E-state index contributed by atoms with van der Waals surface area (Å²) < 4.78 is 5.62. The third-order valence-electron chi connectivity index (χ3n) is 6.60. The van der Waals surface area contributed by atoms with Gasteiger partial charge in [-0.1, -0.05) is 65.7 Å². The molecule has 5 rings (SSSR count). The Hall–Kier alpha value is -3.02. The summed E-state index contributed by atoms with van der Waals surface area (Å²) in [7, 11) is 0. The zero-order chi connectivity index (χ0) is 23.8. The van der Waals surface area contributed by atoms with E-state index in [-0.39, 0.29) is 17.7 Å². The molecule has 3 aromatic rings. The highest BCUT2D eigenvalue weighted by atomic mass is 35.5. The summed E-state index contributed by atoms with van der Waals surface area (Å²) in [5.74, 6) is -0.645. The minimum atomic E-state index is -1.07. The van der Waals surface area contributed by atoms with Gasteiger partial charge in [0, 0.05) is 28.1 Å². The van der Waals surface area contributed by atoms with Gasteiger partial charge >= 0.3 is 5.97 Å². The Bertz CT molecular complexity index is 1260. The van der Waals surface area contributed by atoms with Crippen molar-refractivity contribution in [1.82, 2.24) is 4.90 Å².